The fourth-order valence-electron chi connectivity index (χ4n) is 1.27. The lowest BCUT2D eigenvalue weighted by Gasteiger charge is -2.11. The monoisotopic (exact) mass is 260 g/mol. The van der Waals surface area contributed by atoms with Gasteiger partial charge in [0.25, 0.3) is 0 Å². The molecule has 0 radical (unpaired) electrons. The van der Waals surface area contributed by atoms with Crippen LogP contribution < -0.4 is 4.52 Å². The Kier molecular flexibility index (Phi) is 6.79. The molecule has 0 aromatic heterocycles. The quantitative estimate of drug-likeness (QED) is 0.505. The van der Waals surface area contributed by atoms with Gasteiger partial charge in [-0.25, -0.2) is 0 Å². The molecule has 1 unspecified atom stereocenters. The maximum absolute atomic E-state index is 5.97. The first-order valence-corrected chi connectivity index (χ1v) is 7.64. The van der Waals surface area contributed by atoms with E-state index < -0.39 is 7.73 Å². The van der Waals surface area contributed by atoms with Crippen LogP contribution in [-0.4, -0.2) is 6.61 Å². The van der Waals surface area contributed by atoms with Crippen LogP contribution in [0, 0.1) is 6.92 Å². The molecule has 0 saturated heterocycles. The molecule has 1 aromatic rings. The standard InChI is InChI=1S/C12H18ClO2P/c1-3-4-5-9-14-16(13)15-12-8-6-7-11(2)10-12/h6-8,10H,3-5,9H2,1-2H3. The van der Waals surface area contributed by atoms with Crippen molar-refractivity contribution in [2.24, 2.45) is 0 Å². The number of hydrogen-bond acceptors (Lipinski definition) is 2. The van der Waals surface area contributed by atoms with Crippen molar-refractivity contribution in [1.82, 2.24) is 0 Å². The minimum Gasteiger partial charge on any atom is -0.436 e. The zero-order valence-corrected chi connectivity index (χ0v) is 11.4. The Bertz CT molecular complexity index is 307. The van der Waals surface area contributed by atoms with Gasteiger partial charge in [-0.15, -0.1) is 0 Å². The van der Waals surface area contributed by atoms with E-state index in [9.17, 15) is 0 Å². The third-order valence-electron chi connectivity index (χ3n) is 2.11. The lowest BCUT2D eigenvalue weighted by atomic mass is 10.2. The van der Waals surface area contributed by atoms with Crippen molar-refractivity contribution in [2.45, 2.75) is 33.1 Å². The summed E-state index contributed by atoms with van der Waals surface area (Å²) >= 11 is 5.97. The molecule has 4 heteroatoms. The highest BCUT2D eigenvalue weighted by atomic mass is 35.7. The molecule has 1 aromatic carbocycles. The summed E-state index contributed by atoms with van der Waals surface area (Å²) in [6.07, 6.45) is 3.39. The van der Waals surface area contributed by atoms with Crippen molar-refractivity contribution < 1.29 is 9.05 Å². The highest BCUT2D eigenvalue weighted by Crippen LogP contribution is 2.44. The Hall–Kier alpha value is -0.300. The van der Waals surface area contributed by atoms with E-state index in [-0.39, 0.29) is 0 Å². The van der Waals surface area contributed by atoms with E-state index in [1.807, 2.05) is 31.2 Å². The van der Waals surface area contributed by atoms with Gasteiger partial charge < -0.3 is 9.05 Å². The third-order valence-corrected chi connectivity index (χ3v) is 3.35. The van der Waals surface area contributed by atoms with Crippen molar-refractivity contribution in [3.05, 3.63) is 29.8 Å². The third kappa shape index (κ3) is 5.69. The molecule has 90 valence electrons. The molecule has 0 aliphatic heterocycles. The van der Waals surface area contributed by atoms with Crippen LogP contribution in [-0.2, 0) is 4.52 Å². The number of unbranched alkanes of at least 4 members (excludes halogenated alkanes) is 2. The Morgan fingerprint density at radius 3 is 2.81 bits per heavy atom. The van der Waals surface area contributed by atoms with E-state index in [0.717, 1.165) is 17.7 Å². The van der Waals surface area contributed by atoms with E-state index >= 15 is 0 Å². The van der Waals surface area contributed by atoms with Crippen LogP contribution in [0.1, 0.15) is 31.7 Å². The minimum absolute atomic E-state index is 0.675. The maximum atomic E-state index is 5.97. The van der Waals surface area contributed by atoms with Crippen LogP contribution in [0.15, 0.2) is 24.3 Å². The van der Waals surface area contributed by atoms with Crippen LogP contribution in [0.3, 0.4) is 0 Å². The molecule has 0 N–H and O–H groups in total. The number of aryl methyl sites for hydroxylation is 1. The Balaban J connectivity index is 2.25. The summed E-state index contributed by atoms with van der Waals surface area (Å²) in [6, 6.07) is 7.81. The van der Waals surface area contributed by atoms with Gasteiger partial charge in [0.05, 0.1) is 6.61 Å². The topological polar surface area (TPSA) is 18.5 Å². The number of benzene rings is 1. The highest BCUT2D eigenvalue weighted by molar-refractivity contribution is 7.76. The van der Waals surface area contributed by atoms with Crippen LogP contribution in [0.25, 0.3) is 0 Å². The summed E-state index contributed by atoms with van der Waals surface area (Å²) < 4.78 is 10.9. The molecule has 16 heavy (non-hydrogen) atoms. The van der Waals surface area contributed by atoms with Crippen LogP contribution in [0.4, 0.5) is 0 Å². The average Bonchev–Trinajstić information content (AvgIpc) is 2.24. The maximum Gasteiger partial charge on any atom is 0.338 e. The van der Waals surface area contributed by atoms with Crippen LogP contribution >= 0.6 is 19.0 Å². The first-order valence-electron chi connectivity index (χ1n) is 5.56. The fraction of sp³-hybridized carbons (Fsp3) is 0.500. The Morgan fingerprint density at radius 2 is 2.12 bits per heavy atom. The SMILES string of the molecule is CCCCCOP(Cl)Oc1cccc(C)c1. The smallest absolute Gasteiger partial charge is 0.338 e. The van der Waals surface area contributed by atoms with Gasteiger partial charge in [-0.3, -0.25) is 0 Å². The van der Waals surface area contributed by atoms with Gasteiger partial charge in [-0.2, -0.15) is 0 Å². The average molecular weight is 261 g/mol. The predicted molar refractivity (Wildman–Crippen MR) is 70.1 cm³/mol. The van der Waals surface area contributed by atoms with Crippen molar-refractivity contribution in [3.63, 3.8) is 0 Å². The lowest BCUT2D eigenvalue weighted by Crippen LogP contribution is -1.91. The van der Waals surface area contributed by atoms with Gasteiger partial charge in [-0.05, 0) is 42.3 Å². The summed E-state index contributed by atoms with van der Waals surface area (Å²) in [7, 11) is -1.31. The van der Waals surface area contributed by atoms with Crippen LogP contribution in [0.5, 0.6) is 5.75 Å². The molecule has 2 nitrogen and oxygen atoms in total. The molecule has 0 fully saturated rings. The van der Waals surface area contributed by atoms with E-state index in [4.69, 9.17) is 20.3 Å². The second-order valence-electron chi connectivity index (χ2n) is 3.66. The number of rotatable bonds is 7. The number of hydrogen-bond donors (Lipinski definition) is 0. The largest absolute Gasteiger partial charge is 0.436 e. The lowest BCUT2D eigenvalue weighted by molar-refractivity contribution is 0.313. The normalized spacial score (nSPS) is 12.4. The van der Waals surface area contributed by atoms with Gasteiger partial charge in [0.15, 0.2) is 0 Å². The van der Waals surface area contributed by atoms with E-state index in [1.54, 1.807) is 0 Å². The molecule has 0 spiro atoms. The zero-order chi connectivity index (χ0) is 11.8. The fourth-order valence-corrected chi connectivity index (χ4v) is 2.32. The number of halogens is 1. The van der Waals surface area contributed by atoms with Gasteiger partial charge in [0, 0.05) is 0 Å². The summed E-state index contributed by atoms with van der Waals surface area (Å²) in [6.45, 7) is 4.85. The minimum atomic E-state index is -1.31. The van der Waals surface area contributed by atoms with E-state index in [1.165, 1.54) is 12.8 Å². The first-order chi connectivity index (χ1) is 7.72. The molecule has 0 heterocycles. The molecular weight excluding hydrogens is 243 g/mol. The molecule has 1 rings (SSSR count). The molecule has 1 atom stereocenters. The first kappa shape index (κ1) is 13.8. The van der Waals surface area contributed by atoms with Gasteiger partial charge in [-0.1, -0.05) is 31.9 Å². The second kappa shape index (κ2) is 7.89. The zero-order valence-electron chi connectivity index (χ0n) is 9.78. The Morgan fingerprint density at radius 1 is 1.31 bits per heavy atom. The Labute approximate surface area is 104 Å². The molecule has 0 amide bonds. The predicted octanol–water partition coefficient (Wildman–Crippen LogP) is 5.05. The summed E-state index contributed by atoms with van der Waals surface area (Å²) in [5.74, 6) is 0.775. The van der Waals surface area contributed by atoms with Crippen molar-refractivity contribution in [3.8, 4) is 5.75 Å². The van der Waals surface area contributed by atoms with Crippen molar-refractivity contribution in [2.75, 3.05) is 6.61 Å². The van der Waals surface area contributed by atoms with E-state index in [0.29, 0.717) is 6.61 Å². The summed E-state index contributed by atoms with van der Waals surface area (Å²) in [5.41, 5.74) is 1.16. The molecule has 0 bridgehead atoms. The summed E-state index contributed by atoms with van der Waals surface area (Å²) in [5, 5.41) is 0. The molecule has 0 saturated carbocycles. The van der Waals surface area contributed by atoms with Gasteiger partial charge in [0.2, 0.25) is 0 Å². The van der Waals surface area contributed by atoms with Crippen LogP contribution in [0.2, 0.25) is 0 Å². The van der Waals surface area contributed by atoms with Crippen molar-refractivity contribution >= 4 is 19.0 Å². The molecule has 0 aliphatic rings. The van der Waals surface area contributed by atoms with Gasteiger partial charge >= 0.3 is 7.73 Å². The van der Waals surface area contributed by atoms with Crippen molar-refractivity contribution in [1.29, 1.82) is 0 Å². The van der Waals surface area contributed by atoms with Gasteiger partial charge in [0.1, 0.15) is 5.75 Å². The molecule has 0 aliphatic carbocycles. The molecular formula is C12H18ClO2P. The van der Waals surface area contributed by atoms with E-state index in [2.05, 4.69) is 6.92 Å². The second-order valence-corrected chi connectivity index (χ2v) is 5.35. The highest BCUT2D eigenvalue weighted by Gasteiger charge is 2.08. The summed E-state index contributed by atoms with van der Waals surface area (Å²) in [4.78, 5) is 0.